The number of morpholine rings is 1. The van der Waals surface area contributed by atoms with Crippen molar-refractivity contribution < 1.29 is 4.74 Å². The quantitative estimate of drug-likeness (QED) is 0.700. The van der Waals surface area contributed by atoms with Gasteiger partial charge in [-0.25, -0.2) is 0 Å². The zero-order valence-corrected chi connectivity index (χ0v) is 8.80. The van der Waals surface area contributed by atoms with Crippen molar-refractivity contribution in [1.82, 2.24) is 10.2 Å². The Hall–Kier alpha value is -0.120. The Morgan fingerprint density at radius 3 is 2.50 bits per heavy atom. The molecule has 3 saturated heterocycles. The molecule has 2 bridgehead atoms. The van der Waals surface area contributed by atoms with Crippen molar-refractivity contribution in [2.75, 3.05) is 32.8 Å². The van der Waals surface area contributed by atoms with E-state index in [0.29, 0.717) is 5.54 Å². The van der Waals surface area contributed by atoms with E-state index in [4.69, 9.17) is 4.74 Å². The fourth-order valence-corrected chi connectivity index (χ4v) is 3.28. The van der Waals surface area contributed by atoms with E-state index < -0.39 is 0 Å². The third-order valence-electron chi connectivity index (χ3n) is 4.08. The van der Waals surface area contributed by atoms with Crippen LogP contribution in [-0.2, 0) is 4.74 Å². The van der Waals surface area contributed by atoms with Crippen LogP contribution in [0.2, 0.25) is 0 Å². The Morgan fingerprint density at radius 1 is 1.21 bits per heavy atom. The minimum atomic E-state index is 0.488. The molecule has 3 heteroatoms. The number of nitrogens with one attached hydrogen (secondary N) is 1. The van der Waals surface area contributed by atoms with E-state index in [1.807, 2.05) is 0 Å². The van der Waals surface area contributed by atoms with Gasteiger partial charge in [0.15, 0.2) is 0 Å². The highest BCUT2D eigenvalue weighted by Gasteiger charge is 2.44. The predicted molar refractivity (Wildman–Crippen MR) is 55.4 cm³/mol. The molecule has 14 heavy (non-hydrogen) atoms. The van der Waals surface area contributed by atoms with Crippen LogP contribution in [0.25, 0.3) is 0 Å². The van der Waals surface area contributed by atoms with E-state index in [-0.39, 0.29) is 0 Å². The van der Waals surface area contributed by atoms with Crippen molar-refractivity contribution in [3.8, 4) is 0 Å². The molecule has 0 amide bonds. The van der Waals surface area contributed by atoms with Crippen molar-refractivity contribution in [3.63, 3.8) is 0 Å². The molecule has 0 spiro atoms. The SMILES string of the molecule is C1CN(CC23CCC(CC2)N3)CCO1. The van der Waals surface area contributed by atoms with Gasteiger partial charge in [0, 0.05) is 31.2 Å². The second-order valence-electron chi connectivity index (χ2n) is 5.09. The maximum Gasteiger partial charge on any atom is 0.0594 e. The van der Waals surface area contributed by atoms with Gasteiger partial charge in [-0.1, -0.05) is 0 Å². The molecule has 80 valence electrons. The lowest BCUT2D eigenvalue weighted by molar-refractivity contribution is 0.0260. The highest BCUT2D eigenvalue weighted by Crippen LogP contribution is 2.37. The van der Waals surface area contributed by atoms with Gasteiger partial charge in [-0.2, -0.15) is 0 Å². The number of rotatable bonds is 2. The van der Waals surface area contributed by atoms with Crippen molar-refractivity contribution in [3.05, 3.63) is 0 Å². The van der Waals surface area contributed by atoms with Gasteiger partial charge < -0.3 is 10.1 Å². The van der Waals surface area contributed by atoms with E-state index in [9.17, 15) is 0 Å². The van der Waals surface area contributed by atoms with Crippen molar-refractivity contribution >= 4 is 0 Å². The Bertz CT molecular complexity index is 205. The lowest BCUT2D eigenvalue weighted by Crippen LogP contribution is -2.50. The lowest BCUT2D eigenvalue weighted by atomic mass is 9.87. The molecule has 0 aromatic carbocycles. The second kappa shape index (κ2) is 3.47. The molecule has 0 aromatic heterocycles. The summed E-state index contributed by atoms with van der Waals surface area (Å²) in [6, 6.07) is 0.844. The largest absolute Gasteiger partial charge is 0.379 e. The third kappa shape index (κ3) is 1.58. The standard InChI is InChI=1S/C11H20N2O/c1-3-11(4-2-10(1)12-11)9-13-5-7-14-8-6-13/h10,12H,1-9H2. The monoisotopic (exact) mass is 196 g/mol. The summed E-state index contributed by atoms with van der Waals surface area (Å²) in [5, 5.41) is 3.81. The number of fused-ring (bicyclic) bond motifs is 2. The molecule has 0 saturated carbocycles. The van der Waals surface area contributed by atoms with Crippen LogP contribution in [0.4, 0.5) is 0 Å². The average molecular weight is 196 g/mol. The summed E-state index contributed by atoms with van der Waals surface area (Å²) in [5.41, 5.74) is 0.488. The van der Waals surface area contributed by atoms with Gasteiger partial charge in [-0.3, -0.25) is 4.90 Å². The molecule has 0 aromatic rings. The molecule has 0 unspecified atom stereocenters. The maximum atomic E-state index is 5.38. The molecule has 0 atom stereocenters. The summed E-state index contributed by atoms with van der Waals surface area (Å²) < 4.78 is 5.38. The Labute approximate surface area is 85.8 Å². The highest BCUT2D eigenvalue weighted by molar-refractivity contribution is 5.05. The van der Waals surface area contributed by atoms with E-state index in [1.54, 1.807) is 0 Å². The molecule has 3 aliphatic heterocycles. The van der Waals surface area contributed by atoms with E-state index in [2.05, 4.69) is 10.2 Å². The van der Waals surface area contributed by atoms with Gasteiger partial charge in [0.05, 0.1) is 13.2 Å². The first-order valence-corrected chi connectivity index (χ1v) is 5.94. The van der Waals surface area contributed by atoms with E-state index >= 15 is 0 Å². The number of hydrogen-bond acceptors (Lipinski definition) is 3. The normalized spacial score (nSPS) is 43.3. The van der Waals surface area contributed by atoms with Crippen LogP contribution in [0.3, 0.4) is 0 Å². The van der Waals surface area contributed by atoms with Gasteiger partial charge in [0.25, 0.3) is 0 Å². The molecule has 0 radical (unpaired) electrons. The second-order valence-corrected chi connectivity index (χ2v) is 5.09. The molecule has 3 nitrogen and oxygen atoms in total. The van der Waals surface area contributed by atoms with Crippen LogP contribution in [0.1, 0.15) is 25.7 Å². The average Bonchev–Trinajstić information content (AvgIpc) is 2.78. The smallest absolute Gasteiger partial charge is 0.0594 e. The molecular weight excluding hydrogens is 176 g/mol. The molecule has 1 N–H and O–H groups in total. The first-order chi connectivity index (χ1) is 6.86. The first-order valence-electron chi connectivity index (χ1n) is 5.94. The fourth-order valence-electron chi connectivity index (χ4n) is 3.28. The number of nitrogens with zero attached hydrogens (tertiary/aromatic N) is 1. The molecule has 3 aliphatic rings. The summed E-state index contributed by atoms with van der Waals surface area (Å²) in [7, 11) is 0. The lowest BCUT2D eigenvalue weighted by Gasteiger charge is -2.35. The predicted octanol–water partition coefficient (Wildman–Crippen LogP) is 0.603. The fraction of sp³-hybridized carbons (Fsp3) is 1.00. The van der Waals surface area contributed by atoms with Gasteiger partial charge in [-0.05, 0) is 25.7 Å². The zero-order valence-electron chi connectivity index (χ0n) is 8.80. The Morgan fingerprint density at radius 2 is 1.93 bits per heavy atom. The minimum absolute atomic E-state index is 0.488. The van der Waals surface area contributed by atoms with Crippen LogP contribution < -0.4 is 5.32 Å². The van der Waals surface area contributed by atoms with E-state index in [0.717, 1.165) is 32.3 Å². The summed E-state index contributed by atoms with van der Waals surface area (Å²) >= 11 is 0. The molecule has 3 heterocycles. The van der Waals surface area contributed by atoms with Crippen LogP contribution in [-0.4, -0.2) is 49.3 Å². The summed E-state index contributed by atoms with van der Waals surface area (Å²) in [6.45, 7) is 5.38. The summed E-state index contributed by atoms with van der Waals surface area (Å²) in [5.74, 6) is 0. The van der Waals surface area contributed by atoms with Gasteiger partial charge in [0.2, 0.25) is 0 Å². The van der Waals surface area contributed by atoms with Gasteiger partial charge in [0.1, 0.15) is 0 Å². The first kappa shape index (κ1) is 9.13. The zero-order chi connectivity index (χ0) is 9.43. The number of ether oxygens (including phenoxy) is 1. The Kier molecular flexibility index (Phi) is 2.26. The van der Waals surface area contributed by atoms with Crippen LogP contribution in [0, 0.1) is 0 Å². The molecule has 3 fully saturated rings. The maximum absolute atomic E-state index is 5.38. The molecule has 3 rings (SSSR count). The Balaban J connectivity index is 1.60. The molecular formula is C11H20N2O. The number of hydrogen-bond donors (Lipinski definition) is 1. The summed E-state index contributed by atoms with van der Waals surface area (Å²) in [6.07, 6.45) is 5.61. The van der Waals surface area contributed by atoms with Crippen molar-refractivity contribution in [2.45, 2.75) is 37.3 Å². The third-order valence-corrected chi connectivity index (χ3v) is 4.08. The van der Waals surface area contributed by atoms with Gasteiger partial charge in [-0.15, -0.1) is 0 Å². The highest BCUT2D eigenvalue weighted by atomic mass is 16.5. The van der Waals surface area contributed by atoms with Crippen LogP contribution >= 0.6 is 0 Å². The van der Waals surface area contributed by atoms with Gasteiger partial charge >= 0.3 is 0 Å². The minimum Gasteiger partial charge on any atom is -0.379 e. The molecule has 0 aliphatic carbocycles. The van der Waals surface area contributed by atoms with Crippen LogP contribution in [0.5, 0.6) is 0 Å². The summed E-state index contributed by atoms with van der Waals surface area (Å²) in [4.78, 5) is 2.57. The van der Waals surface area contributed by atoms with Crippen molar-refractivity contribution in [2.24, 2.45) is 0 Å². The van der Waals surface area contributed by atoms with Crippen LogP contribution in [0.15, 0.2) is 0 Å². The topological polar surface area (TPSA) is 24.5 Å². The van der Waals surface area contributed by atoms with Crippen molar-refractivity contribution in [1.29, 1.82) is 0 Å². The van der Waals surface area contributed by atoms with E-state index in [1.165, 1.54) is 32.2 Å².